The number of carbonyl (C=O) groups excluding carboxylic acids is 1. The number of alkyl halides is 3. The van der Waals surface area contributed by atoms with Crippen molar-refractivity contribution in [3.05, 3.63) is 61.5 Å². The van der Waals surface area contributed by atoms with Crippen LogP contribution in [-0.4, -0.2) is 35.7 Å². The lowest BCUT2D eigenvalue weighted by molar-refractivity contribution is -0.260. The molecule has 0 radical (unpaired) electrons. The molecule has 0 saturated carbocycles. The summed E-state index contributed by atoms with van der Waals surface area (Å²) in [4.78, 5) is 11.6. The van der Waals surface area contributed by atoms with E-state index in [-0.39, 0.29) is 38.2 Å². The highest BCUT2D eigenvalue weighted by atomic mass is 35.5. The molecule has 1 amide bonds. The zero-order valence-corrected chi connectivity index (χ0v) is 19.8. The van der Waals surface area contributed by atoms with Crippen molar-refractivity contribution in [3.63, 3.8) is 0 Å². The molecule has 170 valence electrons. The lowest BCUT2D eigenvalue weighted by Crippen LogP contribution is -2.47. The van der Waals surface area contributed by atoms with E-state index < -0.39 is 23.9 Å². The number of thioether (sulfide) groups is 1. The van der Waals surface area contributed by atoms with E-state index in [4.69, 9.17) is 46.4 Å². The number of benzene rings is 2. The van der Waals surface area contributed by atoms with Crippen LogP contribution in [0.4, 0.5) is 18.9 Å². The predicted octanol–water partition coefficient (Wildman–Crippen LogP) is 6.14. The van der Waals surface area contributed by atoms with Crippen LogP contribution in [0.5, 0.6) is 0 Å². The van der Waals surface area contributed by atoms with Crippen LogP contribution in [0.25, 0.3) is 0 Å². The monoisotopic (exact) mass is 534 g/mol. The van der Waals surface area contributed by atoms with Crippen molar-refractivity contribution in [1.82, 2.24) is 5.32 Å². The van der Waals surface area contributed by atoms with E-state index in [1.807, 2.05) is 0 Å². The SMILES string of the molecule is CSCC(=O)NCc1ccc(NC[C@@](O)(c2cc(Cl)c(Cl)c(Cl)c2)C(F)(F)F)cc1Cl. The Balaban J connectivity index is 2.21. The van der Waals surface area contributed by atoms with Crippen LogP contribution < -0.4 is 10.6 Å². The molecule has 3 N–H and O–H groups in total. The highest BCUT2D eigenvalue weighted by Crippen LogP contribution is 2.43. The molecular weight excluding hydrogens is 519 g/mol. The zero-order chi connectivity index (χ0) is 23.4. The van der Waals surface area contributed by atoms with Crippen LogP contribution in [0.2, 0.25) is 20.1 Å². The summed E-state index contributed by atoms with van der Waals surface area (Å²) >= 11 is 25.0. The van der Waals surface area contributed by atoms with E-state index in [1.54, 1.807) is 12.3 Å². The van der Waals surface area contributed by atoms with Gasteiger partial charge in [0.2, 0.25) is 11.5 Å². The van der Waals surface area contributed by atoms with Gasteiger partial charge in [-0.2, -0.15) is 24.9 Å². The molecule has 4 nitrogen and oxygen atoms in total. The molecule has 0 heterocycles. The number of nitrogens with one attached hydrogen (secondary N) is 2. The van der Waals surface area contributed by atoms with Gasteiger partial charge in [0.05, 0.1) is 27.4 Å². The first kappa shape index (κ1) is 26.2. The maximum Gasteiger partial charge on any atom is 0.423 e. The van der Waals surface area contributed by atoms with Crippen LogP contribution in [0.3, 0.4) is 0 Å². The molecule has 31 heavy (non-hydrogen) atoms. The van der Waals surface area contributed by atoms with Crippen LogP contribution in [-0.2, 0) is 16.9 Å². The molecular formula is C19H17Cl4F3N2O2S. The van der Waals surface area contributed by atoms with Crippen molar-refractivity contribution < 1.29 is 23.1 Å². The lowest BCUT2D eigenvalue weighted by atomic mass is 9.92. The Kier molecular flexibility index (Phi) is 9.07. The third-order valence-electron chi connectivity index (χ3n) is 4.28. The van der Waals surface area contributed by atoms with E-state index in [2.05, 4.69) is 10.6 Å². The van der Waals surface area contributed by atoms with Crippen molar-refractivity contribution in [2.45, 2.75) is 18.3 Å². The molecule has 0 aliphatic rings. The standard InChI is InChI=1S/C19H17Cl4F3N2O2S/c1-31-8-16(29)27-7-10-2-3-12(6-13(10)20)28-9-18(30,19(24,25)26)11-4-14(21)17(23)15(22)5-11/h2-6,28,30H,7-9H2,1H3,(H,27,29)/t18-/m1/s1. The van der Waals surface area contributed by atoms with Gasteiger partial charge >= 0.3 is 6.18 Å². The van der Waals surface area contributed by atoms with Crippen molar-refractivity contribution >= 4 is 69.8 Å². The number of amides is 1. The summed E-state index contributed by atoms with van der Waals surface area (Å²) in [6.07, 6.45) is -3.26. The van der Waals surface area contributed by atoms with Gasteiger partial charge in [-0.15, -0.1) is 0 Å². The Morgan fingerprint density at radius 3 is 2.19 bits per heavy atom. The van der Waals surface area contributed by atoms with Crippen LogP contribution >= 0.6 is 58.2 Å². The summed E-state index contributed by atoms with van der Waals surface area (Å²) < 4.78 is 41.3. The fraction of sp³-hybridized carbons (Fsp3) is 0.316. The number of rotatable bonds is 8. The molecule has 0 unspecified atom stereocenters. The number of carbonyl (C=O) groups is 1. The van der Waals surface area contributed by atoms with E-state index >= 15 is 0 Å². The molecule has 0 aromatic heterocycles. The normalized spacial score (nSPS) is 13.6. The van der Waals surface area contributed by atoms with Crippen LogP contribution in [0, 0.1) is 0 Å². The molecule has 2 rings (SSSR count). The Hall–Kier alpha value is -1.03. The average Bonchev–Trinajstić information content (AvgIpc) is 2.68. The van der Waals surface area contributed by atoms with Gasteiger partial charge in [-0.05, 0) is 41.6 Å². The first-order chi connectivity index (χ1) is 14.4. The molecule has 0 aliphatic heterocycles. The van der Waals surface area contributed by atoms with Gasteiger partial charge in [-0.3, -0.25) is 4.79 Å². The minimum atomic E-state index is -5.05. The molecule has 2 aromatic rings. The maximum atomic E-state index is 13.8. The number of halogens is 7. The molecule has 2 aromatic carbocycles. The number of hydrogen-bond donors (Lipinski definition) is 3. The molecule has 0 fully saturated rings. The van der Waals surface area contributed by atoms with Crippen LogP contribution in [0.15, 0.2) is 30.3 Å². The second-order valence-corrected chi connectivity index (χ2v) is 8.95. The van der Waals surface area contributed by atoms with Gasteiger partial charge in [0.1, 0.15) is 0 Å². The van der Waals surface area contributed by atoms with Crippen molar-refractivity contribution in [2.24, 2.45) is 0 Å². The largest absolute Gasteiger partial charge is 0.423 e. The summed E-state index contributed by atoms with van der Waals surface area (Å²) in [6, 6.07) is 6.28. The van der Waals surface area contributed by atoms with Crippen molar-refractivity contribution in [3.8, 4) is 0 Å². The third-order valence-corrected chi connectivity index (χ3v) is 6.38. The highest BCUT2D eigenvalue weighted by Gasteiger charge is 2.55. The summed E-state index contributed by atoms with van der Waals surface area (Å²) in [5.41, 5.74) is -3.05. The molecule has 1 atom stereocenters. The minimum Gasteiger partial charge on any atom is -0.381 e. The molecule has 0 saturated heterocycles. The maximum absolute atomic E-state index is 13.8. The van der Waals surface area contributed by atoms with Crippen molar-refractivity contribution in [1.29, 1.82) is 0 Å². The Morgan fingerprint density at radius 1 is 1.06 bits per heavy atom. The summed E-state index contributed by atoms with van der Waals surface area (Å²) in [6.45, 7) is -0.766. The molecule has 0 spiro atoms. The fourth-order valence-corrected chi connectivity index (χ4v) is 3.77. The van der Waals surface area contributed by atoms with E-state index in [1.165, 1.54) is 23.9 Å². The third kappa shape index (κ3) is 6.49. The predicted molar refractivity (Wildman–Crippen MR) is 122 cm³/mol. The van der Waals surface area contributed by atoms with E-state index in [0.29, 0.717) is 11.3 Å². The highest BCUT2D eigenvalue weighted by molar-refractivity contribution is 7.99. The van der Waals surface area contributed by atoms with Crippen LogP contribution in [0.1, 0.15) is 11.1 Å². The summed E-state index contributed by atoms with van der Waals surface area (Å²) in [5, 5.41) is 15.4. The topological polar surface area (TPSA) is 61.4 Å². The number of hydrogen-bond acceptors (Lipinski definition) is 4. The smallest absolute Gasteiger partial charge is 0.381 e. The molecule has 0 bridgehead atoms. The second-order valence-electron chi connectivity index (χ2n) is 6.48. The Bertz CT molecular complexity index is 939. The second kappa shape index (κ2) is 10.7. The zero-order valence-electron chi connectivity index (χ0n) is 15.9. The molecule has 0 aliphatic carbocycles. The summed E-state index contributed by atoms with van der Waals surface area (Å²) in [5.74, 6) is 0.132. The fourth-order valence-electron chi connectivity index (χ4n) is 2.57. The van der Waals surface area contributed by atoms with Gasteiger partial charge in [0, 0.05) is 17.3 Å². The molecule has 12 heteroatoms. The van der Waals surface area contributed by atoms with E-state index in [0.717, 1.165) is 12.1 Å². The van der Waals surface area contributed by atoms with Gasteiger partial charge in [-0.1, -0.05) is 52.5 Å². The van der Waals surface area contributed by atoms with Crippen molar-refractivity contribution in [2.75, 3.05) is 23.9 Å². The first-order valence-electron chi connectivity index (χ1n) is 8.61. The number of anilines is 1. The van der Waals surface area contributed by atoms with Gasteiger partial charge in [0.25, 0.3) is 0 Å². The lowest BCUT2D eigenvalue weighted by Gasteiger charge is -2.32. The Labute approximate surface area is 201 Å². The quantitative estimate of drug-likeness (QED) is 0.355. The Morgan fingerprint density at radius 2 is 1.68 bits per heavy atom. The average molecular weight is 536 g/mol. The van der Waals surface area contributed by atoms with E-state index in [9.17, 15) is 23.1 Å². The van der Waals surface area contributed by atoms with Gasteiger partial charge < -0.3 is 15.7 Å². The summed E-state index contributed by atoms with van der Waals surface area (Å²) in [7, 11) is 0. The van der Waals surface area contributed by atoms with Gasteiger partial charge in [-0.25, -0.2) is 0 Å². The minimum absolute atomic E-state index is 0.114. The number of aliphatic hydroxyl groups is 1. The first-order valence-corrected chi connectivity index (χ1v) is 11.5. The van der Waals surface area contributed by atoms with Gasteiger partial charge in [0.15, 0.2) is 0 Å².